The molecule has 0 radical (unpaired) electrons. The molecule has 0 atom stereocenters. The van der Waals surface area contributed by atoms with Gasteiger partial charge in [0.1, 0.15) is 0 Å². The minimum atomic E-state index is 0. The molecule has 27 heavy (non-hydrogen) atoms. The van der Waals surface area contributed by atoms with Crippen molar-refractivity contribution in [2.45, 2.75) is 58.8 Å². The summed E-state index contributed by atoms with van der Waals surface area (Å²) >= 11 is 5.54. The van der Waals surface area contributed by atoms with Gasteiger partial charge in [-0.3, -0.25) is 0 Å². The van der Waals surface area contributed by atoms with Gasteiger partial charge in [0.25, 0.3) is 0 Å². The average Bonchev–Trinajstić information content (AvgIpc) is 3.30. The Balaban J connectivity index is 0.000000385. The standard InChI is InChI=1S/C19H28.C6H5Cl.Hf/c1-3-5-11-18(13-7-8-14-18)17-19(12-6-4-2)15-9-10-16-19;7-6-4-2-1-3-5-6;/h7-10,13-16H,3-6,11-12,17H2,1-2H3;1-5H;. The second-order valence-electron chi connectivity index (χ2n) is 7.58. The van der Waals surface area contributed by atoms with Crippen molar-refractivity contribution in [1.29, 1.82) is 0 Å². The summed E-state index contributed by atoms with van der Waals surface area (Å²) in [6.45, 7) is 4.58. The number of allylic oxidation sites excluding steroid dienone is 8. The van der Waals surface area contributed by atoms with Crippen molar-refractivity contribution in [2.24, 2.45) is 10.8 Å². The smallest absolute Gasteiger partial charge is 0.0405 e. The Labute approximate surface area is 190 Å². The largest absolute Gasteiger partial charge is 0.0843 e. The van der Waals surface area contributed by atoms with E-state index in [9.17, 15) is 0 Å². The SMILES string of the molecule is CCCCC1(CC2(CCCC)C=CC=C2)C=CC=C1.Clc1ccccc1.[Hf]. The normalized spacial score (nSPS) is 17.4. The van der Waals surface area contributed by atoms with Gasteiger partial charge in [-0.2, -0.15) is 0 Å². The number of hydrogen-bond acceptors (Lipinski definition) is 0. The summed E-state index contributed by atoms with van der Waals surface area (Å²) in [5.41, 5.74) is 0.617. The van der Waals surface area contributed by atoms with Crippen molar-refractivity contribution in [3.8, 4) is 0 Å². The van der Waals surface area contributed by atoms with Gasteiger partial charge in [-0.25, -0.2) is 0 Å². The van der Waals surface area contributed by atoms with E-state index in [1.54, 1.807) is 0 Å². The number of benzene rings is 1. The van der Waals surface area contributed by atoms with Gasteiger partial charge in [0, 0.05) is 41.7 Å². The van der Waals surface area contributed by atoms with Crippen LogP contribution in [-0.2, 0) is 25.8 Å². The molecule has 0 fully saturated rings. The molecule has 0 spiro atoms. The van der Waals surface area contributed by atoms with Gasteiger partial charge < -0.3 is 0 Å². The van der Waals surface area contributed by atoms with Crippen LogP contribution >= 0.6 is 11.6 Å². The third-order valence-corrected chi connectivity index (χ3v) is 5.57. The van der Waals surface area contributed by atoms with E-state index in [4.69, 9.17) is 11.6 Å². The molecule has 2 aliphatic rings. The summed E-state index contributed by atoms with van der Waals surface area (Å²) in [5.74, 6) is 0. The maximum absolute atomic E-state index is 5.54. The summed E-state index contributed by atoms with van der Waals surface area (Å²) in [4.78, 5) is 0. The van der Waals surface area contributed by atoms with Gasteiger partial charge >= 0.3 is 0 Å². The molecule has 2 aliphatic carbocycles. The monoisotopic (exact) mass is 548 g/mol. The van der Waals surface area contributed by atoms with Crippen LogP contribution in [0.25, 0.3) is 0 Å². The molecule has 2 heteroatoms. The van der Waals surface area contributed by atoms with Gasteiger partial charge in [0.05, 0.1) is 0 Å². The Kier molecular flexibility index (Phi) is 11.5. The molecule has 1 aromatic rings. The molecule has 0 aliphatic heterocycles. The summed E-state index contributed by atoms with van der Waals surface area (Å²) in [6.07, 6.45) is 27.8. The second-order valence-corrected chi connectivity index (χ2v) is 8.02. The van der Waals surface area contributed by atoms with Crippen LogP contribution in [0.3, 0.4) is 0 Å². The van der Waals surface area contributed by atoms with E-state index >= 15 is 0 Å². The van der Waals surface area contributed by atoms with Crippen LogP contribution < -0.4 is 0 Å². The van der Waals surface area contributed by atoms with Crippen molar-refractivity contribution >= 4 is 11.6 Å². The number of rotatable bonds is 8. The number of hydrogen-bond donors (Lipinski definition) is 0. The molecule has 144 valence electrons. The predicted octanol–water partition coefficient (Wildman–Crippen LogP) is 8.32. The predicted molar refractivity (Wildman–Crippen MR) is 117 cm³/mol. The molecule has 0 saturated carbocycles. The van der Waals surface area contributed by atoms with Crippen LogP contribution in [-0.4, -0.2) is 0 Å². The van der Waals surface area contributed by atoms with Crippen LogP contribution in [0, 0.1) is 10.8 Å². The summed E-state index contributed by atoms with van der Waals surface area (Å²) in [7, 11) is 0. The minimum Gasteiger partial charge on any atom is -0.0843 e. The molecule has 0 amide bonds. The van der Waals surface area contributed by atoms with Crippen LogP contribution in [0.2, 0.25) is 5.02 Å². The van der Waals surface area contributed by atoms with E-state index in [-0.39, 0.29) is 25.8 Å². The Hall–Kier alpha value is -0.660. The molecule has 0 bridgehead atoms. The molecule has 0 unspecified atom stereocenters. The molecule has 0 saturated heterocycles. The number of unbranched alkanes of at least 4 members (excludes halogenated alkanes) is 2. The van der Waals surface area contributed by atoms with Gasteiger partial charge in [-0.15, -0.1) is 0 Å². The van der Waals surface area contributed by atoms with Crippen molar-refractivity contribution < 1.29 is 25.8 Å². The van der Waals surface area contributed by atoms with E-state index in [2.05, 4.69) is 62.5 Å². The third kappa shape index (κ3) is 8.08. The van der Waals surface area contributed by atoms with Crippen LogP contribution in [0.4, 0.5) is 0 Å². The number of halogens is 1. The first-order valence-corrected chi connectivity index (χ1v) is 10.5. The van der Waals surface area contributed by atoms with Crippen LogP contribution in [0.5, 0.6) is 0 Å². The molecular weight excluding hydrogens is 514 g/mol. The topological polar surface area (TPSA) is 0 Å². The molecule has 0 heterocycles. The van der Waals surface area contributed by atoms with Crippen LogP contribution in [0.1, 0.15) is 58.8 Å². The second kappa shape index (κ2) is 12.7. The average molecular weight is 547 g/mol. The first kappa shape index (κ1) is 24.4. The van der Waals surface area contributed by atoms with Gasteiger partial charge in [-0.05, 0) is 31.4 Å². The molecule has 0 N–H and O–H groups in total. The molecule has 1 aromatic carbocycles. The zero-order valence-electron chi connectivity index (χ0n) is 16.8. The quantitative estimate of drug-likeness (QED) is 0.287. The maximum atomic E-state index is 5.54. The summed E-state index contributed by atoms with van der Waals surface area (Å²) < 4.78 is 0. The van der Waals surface area contributed by atoms with E-state index < -0.39 is 0 Å². The van der Waals surface area contributed by atoms with Crippen molar-refractivity contribution in [3.63, 3.8) is 0 Å². The molecule has 3 rings (SSSR count). The summed E-state index contributed by atoms with van der Waals surface area (Å²) in [6, 6.07) is 9.44. The minimum absolute atomic E-state index is 0. The maximum Gasteiger partial charge on any atom is 0.0405 e. The van der Waals surface area contributed by atoms with E-state index in [0.29, 0.717) is 10.8 Å². The Bertz CT molecular complexity index is 578. The first-order chi connectivity index (χ1) is 12.6. The fourth-order valence-electron chi connectivity index (χ4n) is 3.88. The fourth-order valence-corrected chi connectivity index (χ4v) is 4.03. The zero-order valence-corrected chi connectivity index (χ0v) is 21.2. The Morgan fingerprint density at radius 1 is 0.704 bits per heavy atom. The molecule has 0 nitrogen and oxygen atoms in total. The Morgan fingerprint density at radius 2 is 1.11 bits per heavy atom. The van der Waals surface area contributed by atoms with Crippen molar-refractivity contribution in [1.82, 2.24) is 0 Å². The molecular formula is C25H33ClHf. The van der Waals surface area contributed by atoms with E-state index in [0.717, 1.165) is 5.02 Å². The van der Waals surface area contributed by atoms with Gasteiger partial charge in [-0.1, -0.05) is 118 Å². The first-order valence-electron chi connectivity index (χ1n) is 10.1. The Morgan fingerprint density at radius 3 is 1.41 bits per heavy atom. The van der Waals surface area contributed by atoms with E-state index in [1.807, 2.05) is 30.3 Å². The van der Waals surface area contributed by atoms with Crippen LogP contribution in [0.15, 0.2) is 78.9 Å². The van der Waals surface area contributed by atoms with Crippen molar-refractivity contribution in [3.05, 3.63) is 84.0 Å². The summed E-state index contributed by atoms with van der Waals surface area (Å²) in [5, 5.41) is 0.794. The molecule has 0 aromatic heterocycles. The fraction of sp³-hybridized carbons (Fsp3) is 0.440. The van der Waals surface area contributed by atoms with Gasteiger partial charge in [0.15, 0.2) is 0 Å². The zero-order chi connectivity index (χ0) is 18.7. The van der Waals surface area contributed by atoms with E-state index in [1.165, 1.54) is 44.9 Å². The van der Waals surface area contributed by atoms with Crippen molar-refractivity contribution in [2.75, 3.05) is 0 Å². The van der Waals surface area contributed by atoms with Gasteiger partial charge in [0.2, 0.25) is 0 Å². The third-order valence-electron chi connectivity index (χ3n) is 5.32.